The highest BCUT2D eigenvalue weighted by atomic mass is 16.5. The molecule has 0 aliphatic carbocycles. The third-order valence-corrected chi connectivity index (χ3v) is 4.51. The van der Waals surface area contributed by atoms with Gasteiger partial charge in [0.05, 0.1) is 13.7 Å². The van der Waals surface area contributed by atoms with Crippen LogP contribution in [0.25, 0.3) is 10.9 Å². The van der Waals surface area contributed by atoms with Gasteiger partial charge in [-0.05, 0) is 41.5 Å². The lowest BCUT2D eigenvalue weighted by atomic mass is 10.1. The Morgan fingerprint density at radius 2 is 1.96 bits per heavy atom. The number of amides is 1. The van der Waals surface area contributed by atoms with Gasteiger partial charge in [0.2, 0.25) is 0 Å². The van der Waals surface area contributed by atoms with Crippen molar-refractivity contribution in [3.63, 3.8) is 0 Å². The van der Waals surface area contributed by atoms with E-state index in [0.29, 0.717) is 25.2 Å². The number of carbonyl (C=O) groups excluding carboxylic acids is 1. The first-order valence-corrected chi connectivity index (χ1v) is 8.65. The summed E-state index contributed by atoms with van der Waals surface area (Å²) in [6, 6.07) is 12.9. The van der Waals surface area contributed by atoms with Crippen LogP contribution in [0.2, 0.25) is 0 Å². The van der Waals surface area contributed by atoms with E-state index in [1.807, 2.05) is 36.5 Å². The maximum Gasteiger partial charge on any atom is 0.274 e. The summed E-state index contributed by atoms with van der Waals surface area (Å²) in [6.07, 6.45) is 1.98. The Kier molecular flexibility index (Phi) is 6.08. The number of fused-ring (bicyclic) bond motifs is 1. The Morgan fingerprint density at radius 1 is 1.19 bits per heavy atom. The molecular weight excluding hydrogens is 346 g/mol. The van der Waals surface area contributed by atoms with Gasteiger partial charge in [0.25, 0.3) is 5.91 Å². The van der Waals surface area contributed by atoms with Crippen LogP contribution in [-0.2, 0) is 13.1 Å². The minimum Gasteiger partial charge on any atom is -0.497 e. The SMILES string of the molecule is COc1ccc2[nH]cc(CN(CCO)Cc3ccc(C(=O)NO)cc3)c2c1. The van der Waals surface area contributed by atoms with E-state index in [0.717, 1.165) is 27.8 Å². The number of nitrogens with zero attached hydrogens (tertiary/aromatic N) is 1. The first kappa shape index (κ1) is 18.9. The number of ether oxygens (including phenoxy) is 1. The largest absolute Gasteiger partial charge is 0.497 e. The molecule has 4 N–H and O–H groups in total. The summed E-state index contributed by atoms with van der Waals surface area (Å²) in [6.45, 7) is 1.86. The van der Waals surface area contributed by atoms with Gasteiger partial charge in [0.1, 0.15) is 5.75 Å². The predicted octanol–water partition coefficient (Wildman–Crippen LogP) is 2.29. The molecule has 0 radical (unpaired) electrons. The number of aromatic nitrogens is 1. The molecule has 0 fully saturated rings. The van der Waals surface area contributed by atoms with Gasteiger partial charge >= 0.3 is 0 Å². The number of benzene rings is 2. The lowest BCUT2D eigenvalue weighted by Gasteiger charge is -2.21. The normalized spacial score (nSPS) is 11.1. The first-order valence-electron chi connectivity index (χ1n) is 8.65. The van der Waals surface area contributed by atoms with E-state index < -0.39 is 5.91 Å². The standard InChI is InChI=1S/C20H23N3O4/c1-27-17-6-7-19-18(10-17)16(11-21-19)13-23(8-9-24)12-14-2-4-15(5-3-14)20(25)22-26/h2-7,10-11,21,24,26H,8-9,12-13H2,1H3,(H,22,25). The van der Waals surface area contributed by atoms with Crippen LogP contribution in [0, 0.1) is 0 Å². The van der Waals surface area contributed by atoms with Gasteiger partial charge in [-0.2, -0.15) is 0 Å². The van der Waals surface area contributed by atoms with E-state index in [1.165, 1.54) is 0 Å². The molecule has 0 aliphatic rings. The van der Waals surface area contributed by atoms with E-state index in [-0.39, 0.29) is 6.61 Å². The lowest BCUT2D eigenvalue weighted by molar-refractivity contribution is 0.0706. The third kappa shape index (κ3) is 4.46. The number of hydroxylamine groups is 1. The first-order chi connectivity index (χ1) is 13.1. The number of nitrogens with one attached hydrogen (secondary N) is 2. The summed E-state index contributed by atoms with van der Waals surface area (Å²) in [5.74, 6) is 0.260. The van der Waals surface area contributed by atoms with Crippen molar-refractivity contribution in [2.45, 2.75) is 13.1 Å². The number of hydrogen-bond acceptors (Lipinski definition) is 5. The molecule has 0 spiro atoms. The molecular formula is C20H23N3O4. The average molecular weight is 369 g/mol. The van der Waals surface area contributed by atoms with Crippen LogP contribution in [-0.4, -0.2) is 46.4 Å². The minimum absolute atomic E-state index is 0.0523. The second kappa shape index (κ2) is 8.68. The number of carbonyl (C=O) groups is 1. The second-order valence-corrected chi connectivity index (χ2v) is 6.30. The predicted molar refractivity (Wildman–Crippen MR) is 102 cm³/mol. The van der Waals surface area contributed by atoms with Gasteiger partial charge in [-0.1, -0.05) is 12.1 Å². The third-order valence-electron chi connectivity index (χ3n) is 4.51. The molecule has 3 aromatic rings. The molecule has 3 rings (SSSR count). The van der Waals surface area contributed by atoms with Crippen LogP contribution in [0.5, 0.6) is 5.75 Å². The van der Waals surface area contributed by atoms with E-state index in [1.54, 1.807) is 24.7 Å². The van der Waals surface area contributed by atoms with Crippen molar-refractivity contribution in [1.29, 1.82) is 0 Å². The van der Waals surface area contributed by atoms with E-state index in [2.05, 4.69) is 9.88 Å². The summed E-state index contributed by atoms with van der Waals surface area (Å²) >= 11 is 0. The number of aliphatic hydroxyl groups is 1. The highest BCUT2D eigenvalue weighted by Crippen LogP contribution is 2.25. The highest BCUT2D eigenvalue weighted by Gasteiger charge is 2.12. The van der Waals surface area contributed by atoms with Gasteiger partial charge in [-0.25, -0.2) is 5.48 Å². The molecule has 0 saturated carbocycles. The Balaban J connectivity index is 1.77. The molecule has 7 nitrogen and oxygen atoms in total. The fourth-order valence-corrected chi connectivity index (χ4v) is 3.10. The monoisotopic (exact) mass is 369 g/mol. The lowest BCUT2D eigenvalue weighted by Crippen LogP contribution is -2.26. The van der Waals surface area contributed by atoms with Crippen LogP contribution in [0.15, 0.2) is 48.7 Å². The number of rotatable bonds is 8. The van der Waals surface area contributed by atoms with Crippen molar-refractivity contribution in [3.05, 3.63) is 65.4 Å². The molecule has 2 aromatic carbocycles. The number of aromatic amines is 1. The van der Waals surface area contributed by atoms with E-state index in [9.17, 15) is 9.90 Å². The van der Waals surface area contributed by atoms with Crippen LogP contribution in [0.4, 0.5) is 0 Å². The quantitative estimate of drug-likeness (QED) is 0.361. The van der Waals surface area contributed by atoms with Crippen LogP contribution >= 0.6 is 0 Å². The van der Waals surface area contributed by atoms with Gasteiger partial charge in [0.15, 0.2) is 0 Å². The van der Waals surface area contributed by atoms with Gasteiger partial charge in [-0.3, -0.25) is 14.9 Å². The van der Waals surface area contributed by atoms with Crippen molar-refractivity contribution in [3.8, 4) is 5.75 Å². The molecule has 27 heavy (non-hydrogen) atoms. The molecule has 0 atom stereocenters. The number of aliphatic hydroxyl groups excluding tert-OH is 1. The Hall–Kier alpha value is -2.87. The molecule has 0 unspecified atom stereocenters. The Morgan fingerprint density at radius 3 is 2.63 bits per heavy atom. The molecule has 0 saturated heterocycles. The Bertz CT molecular complexity index is 905. The van der Waals surface area contributed by atoms with Crippen molar-refractivity contribution in [1.82, 2.24) is 15.4 Å². The molecule has 0 bridgehead atoms. The topological polar surface area (TPSA) is 97.8 Å². The van der Waals surface area contributed by atoms with Gasteiger partial charge in [0, 0.05) is 42.3 Å². The molecule has 142 valence electrons. The summed E-state index contributed by atoms with van der Waals surface area (Å²) in [7, 11) is 1.65. The maximum absolute atomic E-state index is 11.4. The molecule has 1 amide bonds. The van der Waals surface area contributed by atoms with E-state index in [4.69, 9.17) is 9.94 Å². The van der Waals surface area contributed by atoms with Crippen molar-refractivity contribution in [2.24, 2.45) is 0 Å². The zero-order chi connectivity index (χ0) is 19.2. The van der Waals surface area contributed by atoms with Crippen molar-refractivity contribution < 1.29 is 19.8 Å². The van der Waals surface area contributed by atoms with Crippen LogP contribution in [0.1, 0.15) is 21.5 Å². The fraction of sp³-hybridized carbons (Fsp3) is 0.250. The molecule has 0 aliphatic heterocycles. The highest BCUT2D eigenvalue weighted by molar-refractivity contribution is 5.93. The summed E-state index contributed by atoms with van der Waals surface area (Å²) in [4.78, 5) is 16.8. The zero-order valence-corrected chi connectivity index (χ0v) is 15.1. The fourth-order valence-electron chi connectivity index (χ4n) is 3.10. The number of H-pyrrole nitrogens is 1. The van der Waals surface area contributed by atoms with Crippen LogP contribution < -0.4 is 10.2 Å². The maximum atomic E-state index is 11.4. The zero-order valence-electron chi connectivity index (χ0n) is 15.1. The summed E-state index contributed by atoms with van der Waals surface area (Å²) < 4.78 is 5.32. The van der Waals surface area contributed by atoms with Crippen molar-refractivity contribution in [2.75, 3.05) is 20.3 Å². The Labute approximate surface area is 157 Å². The van der Waals surface area contributed by atoms with Gasteiger partial charge < -0.3 is 14.8 Å². The number of methoxy groups -OCH3 is 1. The summed E-state index contributed by atoms with van der Waals surface area (Å²) in [5, 5.41) is 19.2. The summed E-state index contributed by atoms with van der Waals surface area (Å²) in [5.41, 5.74) is 5.17. The average Bonchev–Trinajstić information content (AvgIpc) is 3.10. The molecule has 1 heterocycles. The van der Waals surface area contributed by atoms with E-state index >= 15 is 0 Å². The van der Waals surface area contributed by atoms with Crippen LogP contribution in [0.3, 0.4) is 0 Å². The molecule has 7 heteroatoms. The molecule has 1 aromatic heterocycles. The van der Waals surface area contributed by atoms with Gasteiger partial charge in [-0.15, -0.1) is 0 Å². The van der Waals surface area contributed by atoms with Crippen molar-refractivity contribution >= 4 is 16.8 Å². The number of hydrogen-bond donors (Lipinski definition) is 4. The second-order valence-electron chi connectivity index (χ2n) is 6.30. The minimum atomic E-state index is -0.540. The smallest absolute Gasteiger partial charge is 0.274 e.